The molecule has 1 heterocycles. The summed E-state index contributed by atoms with van der Waals surface area (Å²) < 4.78 is 11.3. The first-order valence-corrected chi connectivity index (χ1v) is 12.6. The van der Waals surface area contributed by atoms with E-state index < -0.39 is 40.8 Å². The van der Waals surface area contributed by atoms with Crippen molar-refractivity contribution in [2.75, 3.05) is 4.90 Å². The van der Waals surface area contributed by atoms with Gasteiger partial charge < -0.3 is 14.8 Å². The van der Waals surface area contributed by atoms with Crippen LogP contribution in [0.5, 0.6) is 0 Å². The third kappa shape index (κ3) is 5.14. The van der Waals surface area contributed by atoms with Crippen LogP contribution in [0.15, 0.2) is 84.9 Å². The molecule has 7 nitrogen and oxygen atoms in total. The van der Waals surface area contributed by atoms with E-state index in [0.717, 1.165) is 4.90 Å². The second-order valence-electron chi connectivity index (χ2n) is 11.3. The Morgan fingerprint density at radius 1 is 0.763 bits per heavy atom. The maximum absolute atomic E-state index is 14.7. The number of amides is 3. The first-order chi connectivity index (χ1) is 17.8. The molecule has 0 fully saturated rings. The van der Waals surface area contributed by atoms with Crippen molar-refractivity contribution in [1.82, 2.24) is 5.32 Å². The number of ether oxygens (including phenoxy) is 2. The van der Waals surface area contributed by atoms with E-state index in [1.165, 1.54) is 0 Å². The van der Waals surface area contributed by atoms with E-state index in [4.69, 9.17) is 9.47 Å². The number of imide groups is 1. The molecule has 0 aromatic heterocycles. The maximum atomic E-state index is 14.7. The standard InChI is InChI=1S/C31H34N2O5/c1-29(2,3)37-27(35)32-25(21-15-9-7-10-16-21)31(22-17-11-8-12-18-22)23-19-13-14-20-24(23)33(26(31)34)28(36)38-30(4,5)6/h7-20,25H,1-6H3,(H,32,35)/t25-,31+/m1/s1. The third-order valence-electron chi connectivity index (χ3n) is 6.14. The lowest BCUT2D eigenvalue weighted by Crippen LogP contribution is -2.53. The van der Waals surface area contributed by atoms with Gasteiger partial charge in [0.1, 0.15) is 16.6 Å². The highest BCUT2D eigenvalue weighted by atomic mass is 16.6. The molecule has 4 rings (SSSR count). The molecule has 0 radical (unpaired) electrons. The summed E-state index contributed by atoms with van der Waals surface area (Å²) >= 11 is 0. The van der Waals surface area contributed by atoms with E-state index in [9.17, 15) is 14.4 Å². The van der Waals surface area contributed by atoms with Gasteiger partial charge in [-0.15, -0.1) is 0 Å². The number of para-hydroxylation sites is 1. The summed E-state index contributed by atoms with van der Waals surface area (Å²) in [5.41, 5.74) is -0.796. The number of fused-ring (bicyclic) bond motifs is 1. The van der Waals surface area contributed by atoms with Crippen molar-refractivity contribution in [3.05, 3.63) is 102 Å². The maximum Gasteiger partial charge on any atom is 0.421 e. The molecule has 1 aliphatic heterocycles. The van der Waals surface area contributed by atoms with Gasteiger partial charge in [-0.25, -0.2) is 14.5 Å². The first kappa shape index (κ1) is 26.9. The van der Waals surface area contributed by atoms with Gasteiger partial charge >= 0.3 is 12.2 Å². The normalized spacial score (nSPS) is 17.9. The first-order valence-electron chi connectivity index (χ1n) is 12.6. The van der Waals surface area contributed by atoms with Crippen LogP contribution < -0.4 is 10.2 Å². The molecule has 0 bridgehead atoms. The van der Waals surface area contributed by atoms with E-state index in [1.54, 1.807) is 53.7 Å². The average Bonchev–Trinajstić information content (AvgIpc) is 3.10. The number of carbonyl (C=O) groups is 3. The Bertz CT molecular complexity index is 1330. The van der Waals surface area contributed by atoms with Crippen LogP contribution >= 0.6 is 0 Å². The number of nitrogens with zero attached hydrogens (tertiary/aromatic N) is 1. The third-order valence-corrected chi connectivity index (χ3v) is 6.14. The van der Waals surface area contributed by atoms with E-state index >= 15 is 0 Å². The number of hydrogen-bond donors (Lipinski definition) is 1. The Morgan fingerprint density at radius 3 is 1.87 bits per heavy atom. The predicted molar refractivity (Wildman–Crippen MR) is 146 cm³/mol. The minimum atomic E-state index is -1.49. The molecule has 3 amide bonds. The summed E-state index contributed by atoms with van der Waals surface area (Å²) in [5, 5.41) is 2.99. The fourth-order valence-electron chi connectivity index (χ4n) is 4.83. The van der Waals surface area contributed by atoms with Crippen molar-refractivity contribution in [3.8, 4) is 0 Å². The highest BCUT2D eigenvalue weighted by molar-refractivity contribution is 6.23. The minimum absolute atomic E-state index is 0.405. The van der Waals surface area contributed by atoms with Crippen molar-refractivity contribution in [2.45, 2.75) is 64.2 Å². The Hall–Kier alpha value is -4.13. The van der Waals surface area contributed by atoms with Crippen LogP contribution in [0.25, 0.3) is 0 Å². The number of benzene rings is 3. The molecular formula is C31H34N2O5. The van der Waals surface area contributed by atoms with Crippen molar-refractivity contribution < 1.29 is 23.9 Å². The molecule has 2 atom stereocenters. The van der Waals surface area contributed by atoms with Crippen molar-refractivity contribution in [2.24, 2.45) is 0 Å². The number of nitrogens with one attached hydrogen (secondary N) is 1. The Kier molecular flexibility index (Phi) is 7.06. The number of carbonyl (C=O) groups excluding carboxylic acids is 3. The molecule has 1 aliphatic rings. The Morgan fingerprint density at radius 2 is 1.29 bits per heavy atom. The fourth-order valence-corrected chi connectivity index (χ4v) is 4.83. The Balaban J connectivity index is 2.00. The number of anilines is 1. The second-order valence-corrected chi connectivity index (χ2v) is 11.3. The van der Waals surface area contributed by atoms with E-state index in [-0.39, 0.29) is 0 Å². The van der Waals surface area contributed by atoms with Gasteiger partial charge in [0.15, 0.2) is 0 Å². The number of hydrogen-bond acceptors (Lipinski definition) is 5. The molecule has 0 saturated carbocycles. The Labute approximate surface area is 223 Å². The molecule has 0 saturated heterocycles. The molecule has 38 heavy (non-hydrogen) atoms. The highest BCUT2D eigenvalue weighted by Crippen LogP contribution is 2.53. The molecule has 3 aromatic carbocycles. The lowest BCUT2D eigenvalue weighted by Gasteiger charge is -2.38. The zero-order valence-electron chi connectivity index (χ0n) is 22.6. The zero-order valence-corrected chi connectivity index (χ0v) is 22.6. The monoisotopic (exact) mass is 514 g/mol. The molecule has 0 unspecified atom stereocenters. The number of rotatable bonds is 4. The average molecular weight is 515 g/mol. The molecule has 0 aliphatic carbocycles. The summed E-state index contributed by atoms with van der Waals surface area (Å²) in [6.45, 7) is 10.6. The molecule has 7 heteroatoms. The SMILES string of the molecule is CC(C)(C)OC(=O)N[C@H](c1ccccc1)[C@@]1(c2ccccc2)C(=O)N(C(=O)OC(C)(C)C)c2ccccc21. The molecule has 198 valence electrons. The lowest BCUT2D eigenvalue weighted by atomic mass is 9.67. The topological polar surface area (TPSA) is 84.9 Å². The van der Waals surface area contributed by atoms with E-state index in [2.05, 4.69) is 5.32 Å². The van der Waals surface area contributed by atoms with Crippen LogP contribution in [0.1, 0.15) is 64.3 Å². The minimum Gasteiger partial charge on any atom is -0.444 e. The van der Waals surface area contributed by atoms with Gasteiger partial charge in [0, 0.05) is 0 Å². The smallest absolute Gasteiger partial charge is 0.421 e. The zero-order chi connectivity index (χ0) is 27.7. The number of alkyl carbamates (subject to hydrolysis) is 1. The van der Waals surface area contributed by atoms with Crippen LogP contribution in [0, 0.1) is 0 Å². The molecule has 0 spiro atoms. The summed E-state index contributed by atoms with van der Waals surface area (Å²) in [6.07, 6.45) is -1.46. The van der Waals surface area contributed by atoms with Gasteiger partial charge in [0.2, 0.25) is 0 Å². The van der Waals surface area contributed by atoms with Gasteiger partial charge in [-0.1, -0.05) is 78.9 Å². The summed E-state index contributed by atoms with van der Waals surface area (Å²) in [5.74, 6) is -0.524. The second kappa shape index (κ2) is 9.97. The van der Waals surface area contributed by atoms with Crippen LogP contribution in [0.3, 0.4) is 0 Å². The molecular weight excluding hydrogens is 480 g/mol. The lowest BCUT2D eigenvalue weighted by molar-refractivity contribution is -0.122. The molecule has 1 N–H and O–H groups in total. The van der Waals surface area contributed by atoms with E-state index in [1.807, 2.05) is 72.8 Å². The van der Waals surface area contributed by atoms with Gasteiger partial charge in [-0.2, -0.15) is 0 Å². The molecule has 3 aromatic rings. The van der Waals surface area contributed by atoms with Crippen LogP contribution in [-0.4, -0.2) is 29.3 Å². The van der Waals surface area contributed by atoms with Crippen molar-refractivity contribution in [1.29, 1.82) is 0 Å². The van der Waals surface area contributed by atoms with Crippen molar-refractivity contribution >= 4 is 23.8 Å². The summed E-state index contributed by atoms with van der Waals surface area (Å²) in [7, 11) is 0. The fraction of sp³-hybridized carbons (Fsp3) is 0.323. The van der Waals surface area contributed by atoms with Gasteiger partial charge in [-0.3, -0.25) is 4.79 Å². The summed E-state index contributed by atoms with van der Waals surface area (Å²) in [6, 6.07) is 24.6. The van der Waals surface area contributed by atoms with Crippen LogP contribution in [0.4, 0.5) is 15.3 Å². The van der Waals surface area contributed by atoms with Crippen LogP contribution in [-0.2, 0) is 19.7 Å². The summed E-state index contributed by atoms with van der Waals surface area (Å²) in [4.78, 5) is 42.5. The van der Waals surface area contributed by atoms with Gasteiger partial charge in [0.25, 0.3) is 5.91 Å². The van der Waals surface area contributed by atoms with Gasteiger partial charge in [0.05, 0.1) is 11.7 Å². The van der Waals surface area contributed by atoms with E-state index in [0.29, 0.717) is 22.4 Å². The van der Waals surface area contributed by atoms with Gasteiger partial charge in [-0.05, 0) is 64.3 Å². The van der Waals surface area contributed by atoms with Crippen molar-refractivity contribution in [3.63, 3.8) is 0 Å². The highest BCUT2D eigenvalue weighted by Gasteiger charge is 2.60. The predicted octanol–water partition coefficient (Wildman–Crippen LogP) is 6.52. The van der Waals surface area contributed by atoms with Crippen LogP contribution in [0.2, 0.25) is 0 Å². The largest absolute Gasteiger partial charge is 0.444 e. The quantitative estimate of drug-likeness (QED) is 0.428.